The molecular formula is C30H57N5O19S4. The van der Waals surface area contributed by atoms with E-state index < -0.39 is 50.2 Å². The molecule has 0 aromatic heterocycles. The normalized spacial score (nSPS) is 11.7. The molecule has 24 nitrogen and oxygen atoms in total. The molecule has 0 aliphatic carbocycles. The number of nitro benzene ring substituents is 2. The van der Waals surface area contributed by atoms with Gasteiger partial charge in [-0.2, -0.15) is 25.3 Å². The summed E-state index contributed by atoms with van der Waals surface area (Å²) < 4.78 is 116. The van der Waals surface area contributed by atoms with Crippen molar-refractivity contribution in [1.29, 1.82) is 0 Å². The fraction of sp³-hybridized carbons (Fsp3) is 0.767. The van der Waals surface area contributed by atoms with Gasteiger partial charge in [0.05, 0.1) is 80.6 Å². The Labute approximate surface area is 340 Å². The molecule has 28 heteroatoms. The molecule has 3 N–H and O–H groups in total. The molecule has 1 amide bonds. The molecule has 0 aliphatic heterocycles. The van der Waals surface area contributed by atoms with Crippen LogP contribution < -0.4 is 15.4 Å². The van der Waals surface area contributed by atoms with Gasteiger partial charge in [0.25, 0.3) is 41.7 Å². The Morgan fingerprint density at radius 1 is 0.586 bits per heavy atom. The molecule has 340 valence electrons. The zero-order chi connectivity index (χ0) is 44.7. The second-order valence-corrected chi connectivity index (χ2v) is 18.6. The van der Waals surface area contributed by atoms with Crippen molar-refractivity contribution in [2.45, 2.75) is 45.4 Å². The highest BCUT2D eigenvalue weighted by atomic mass is 32.2. The highest BCUT2D eigenvalue weighted by Gasteiger charge is 2.19. The zero-order valence-electron chi connectivity index (χ0n) is 33.2. The number of nitrogens with one attached hydrogen (secondary N) is 3. The van der Waals surface area contributed by atoms with E-state index >= 15 is 0 Å². The first-order chi connectivity index (χ1) is 26.8. The number of hydrogen-bond acceptors (Lipinski definition) is 20. The number of nitrogens with zero attached hydrogens (tertiary/aromatic N) is 2. The van der Waals surface area contributed by atoms with Crippen LogP contribution in [0.25, 0.3) is 0 Å². The Morgan fingerprint density at radius 2 is 1.00 bits per heavy atom. The van der Waals surface area contributed by atoms with E-state index in [2.05, 4.69) is 27.9 Å². The average Bonchev–Trinajstić information content (AvgIpc) is 3.08. The number of sulfonamides is 1. The van der Waals surface area contributed by atoms with Crippen molar-refractivity contribution in [3.8, 4) is 0 Å². The zero-order valence-corrected chi connectivity index (χ0v) is 36.5. The van der Waals surface area contributed by atoms with Crippen molar-refractivity contribution in [3.05, 3.63) is 38.4 Å². The van der Waals surface area contributed by atoms with Crippen LogP contribution in [0.15, 0.2) is 18.2 Å². The van der Waals surface area contributed by atoms with E-state index in [4.69, 9.17) is 14.2 Å². The quantitative estimate of drug-likeness (QED) is 0.0403. The van der Waals surface area contributed by atoms with Crippen LogP contribution in [0.1, 0.15) is 45.4 Å². The molecule has 0 unspecified atom stereocenters. The van der Waals surface area contributed by atoms with E-state index in [1.807, 2.05) is 0 Å². The molecule has 0 radical (unpaired) electrons. The van der Waals surface area contributed by atoms with Gasteiger partial charge in [-0.1, -0.05) is 0 Å². The van der Waals surface area contributed by atoms with Gasteiger partial charge in [0.2, 0.25) is 15.9 Å². The van der Waals surface area contributed by atoms with Crippen LogP contribution in [0.2, 0.25) is 0 Å². The van der Waals surface area contributed by atoms with E-state index in [1.165, 1.54) is 19.1 Å². The minimum Gasteiger partial charge on any atom is -0.379 e. The van der Waals surface area contributed by atoms with Crippen molar-refractivity contribution in [2.75, 3.05) is 109 Å². The third kappa shape index (κ3) is 42.4. The lowest BCUT2D eigenvalue weighted by Gasteiger charge is -2.07. The van der Waals surface area contributed by atoms with Crippen LogP contribution in [-0.2, 0) is 71.9 Å². The summed E-state index contributed by atoms with van der Waals surface area (Å²) in [6.45, 7) is 4.87. The minimum absolute atomic E-state index is 0.000419. The van der Waals surface area contributed by atoms with Gasteiger partial charge in [0.1, 0.15) is 5.69 Å². The number of anilines is 1. The Kier molecular flexibility index (Phi) is 31.1. The number of rotatable bonds is 31. The second-order valence-electron chi connectivity index (χ2n) is 11.8. The molecule has 0 saturated carbocycles. The van der Waals surface area contributed by atoms with Gasteiger partial charge in [0.15, 0.2) is 0 Å². The Bertz CT molecular complexity index is 1740. The van der Waals surface area contributed by atoms with Gasteiger partial charge in [-0.3, -0.25) is 37.6 Å². The summed E-state index contributed by atoms with van der Waals surface area (Å²) in [7, 11) is -13.3. The Morgan fingerprint density at radius 3 is 1.36 bits per heavy atom. The molecule has 0 atom stereocenters. The van der Waals surface area contributed by atoms with Crippen molar-refractivity contribution < 1.29 is 75.1 Å². The lowest BCUT2D eigenvalue weighted by molar-refractivity contribution is -0.393. The number of carbonyl (C=O) groups is 1. The maximum Gasteiger partial charge on any atom is 0.299 e. The van der Waals surface area contributed by atoms with E-state index in [9.17, 15) is 58.7 Å². The number of benzene rings is 1. The molecular weight excluding hydrogens is 863 g/mol. The predicted molar refractivity (Wildman–Crippen MR) is 212 cm³/mol. The Balaban J connectivity index is 0. The minimum atomic E-state index is -3.46. The molecule has 0 spiro atoms. The van der Waals surface area contributed by atoms with E-state index in [0.717, 1.165) is 43.9 Å². The predicted octanol–water partition coefficient (Wildman–Crippen LogP) is 0.892. The fourth-order valence-corrected chi connectivity index (χ4v) is 5.33. The van der Waals surface area contributed by atoms with Gasteiger partial charge in [0, 0.05) is 52.4 Å². The van der Waals surface area contributed by atoms with Crippen molar-refractivity contribution in [2.24, 2.45) is 0 Å². The smallest absolute Gasteiger partial charge is 0.299 e. The van der Waals surface area contributed by atoms with Crippen molar-refractivity contribution in [1.82, 2.24) is 10.0 Å². The van der Waals surface area contributed by atoms with Gasteiger partial charge < -0.3 is 24.8 Å². The van der Waals surface area contributed by atoms with Crippen molar-refractivity contribution in [3.63, 3.8) is 0 Å². The third-order valence-electron chi connectivity index (χ3n) is 6.16. The molecule has 58 heavy (non-hydrogen) atoms. The molecule has 0 saturated heterocycles. The van der Waals surface area contributed by atoms with Crippen LogP contribution >= 0.6 is 0 Å². The maximum atomic E-state index is 11.0. The van der Waals surface area contributed by atoms with E-state index in [-0.39, 0.29) is 62.6 Å². The molecule has 0 aliphatic rings. The number of hydrogen-bond donors (Lipinski definition) is 3. The molecule has 0 bridgehead atoms. The largest absolute Gasteiger partial charge is 0.379 e. The summed E-state index contributed by atoms with van der Waals surface area (Å²) in [4.78, 5) is 30.7. The fourth-order valence-electron chi connectivity index (χ4n) is 3.71. The lowest BCUT2D eigenvalue weighted by Crippen LogP contribution is -2.23. The number of nitro groups is 2. The summed E-state index contributed by atoms with van der Waals surface area (Å²) in [6.07, 6.45) is 8.34. The topological polar surface area (TPSA) is 331 Å². The van der Waals surface area contributed by atoms with E-state index in [0.29, 0.717) is 65.1 Å². The summed E-state index contributed by atoms with van der Waals surface area (Å²) in [5, 5.41) is 27.2. The van der Waals surface area contributed by atoms with Crippen LogP contribution in [0.4, 0.5) is 17.1 Å². The first kappa shape index (κ1) is 56.9. The molecule has 0 fully saturated rings. The van der Waals surface area contributed by atoms with E-state index in [1.54, 1.807) is 0 Å². The number of amides is 1. The summed E-state index contributed by atoms with van der Waals surface area (Å²) in [5.41, 5.74) is -0.497. The van der Waals surface area contributed by atoms with Crippen molar-refractivity contribution >= 4 is 63.3 Å². The molecule has 0 heterocycles. The number of carbonyl (C=O) groups excluding carboxylic acids is 1. The summed E-state index contributed by atoms with van der Waals surface area (Å²) >= 11 is 0. The standard InChI is InChI=1S/C13H19N3O8S.C9H19NO5S.C8H19NO6S2/c1-25(21,22)24-9-8-23-7-3-2-6-14-12-5-4-11(15(17)18)10-13(12)16(19)20;1-9(11)10-5-3-4-6-14-7-8-15-16(2,12)13;1-16(10,11)9-5-3-4-6-14-7-8-15-17(2,12)13/h4-5,10,14H,2-3,6-9H2,1H3;3-8H2,1-2H3,(H,10,11);9H,3-8H2,1-2H3. The highest BCUT2D eigenvalue weighted by molar-refractivity contribution is 7.88. The van der Waals surface area contributed by atoms with Gasteiger partial charge in [-0.15, -0.1) is 0 Å². The second kappa shape index (κ2) is 31.7. The number of unbranched alkanes of at least 4 members (excludes halogenated alkanes) is 3. The summed E-state index contributed by atoms with van der Waals surface area (Å²) in [5.74, 6) is -0.0394. The van der Waals surface area contributed by atoms with Crippen LogP contribution in [-0.4, -0.2) is 154 Å². The number of ether oxygens (including phenoxy) is 3. The Hall–Kier alpha value is -3.19. The molecule has 1 aromatic carbocycles. The highest BCUT2D eigenvalue weighted by Crippen LogP contribution is 2.28. The average molecular weight is 920 g/mol. The summed E-state index contributed by atoms with van der Waals surface area (Å²) in [6, 6.07) is 3.41. The SMILES string of the molecule is CC(=O)NCCCCOCCOS(C)(=O)=O.CS(=O)(=O)NCCCCOCCOS(C)(=O)=O.CS(=O)(=O)OCCOCCCCNc1ccc([N+](=O)[O-])cc1[N+](=O)[O-]. The van der Waals surface area contributed by atoms with Crippen LogP contribution in [0, 0.1) is 20.2 Å². The first-order valence-electron chi connectivity index (χ1n) is 17.4. The lowest BCUT2D eigenvalue weighted by atomic mass is 10.2. The monoisotopic (exact) mass is 919 g/mol. The number of non-ortho nitro benzene ring substituents is 1. The van der Waals surface area contributed by atoms with Gasteiger partial charge in [-0.25, -0.2) is 13.1 Å². The van der Waals surface area contributed by atoms with Gasteiger partial charge in [-0.05, 0) is 44.6 Å². The molecule has 1 rings (SSSR count). The van der Waals surface area contributed by atoms with Gasteiger partial charge >= 0.3 is 0 Å². The maximum absolute atomic E-state index is 11.0. The first-order valence-corrected chi connectivity index (χ1v) is 24.8. The third-order valence-corrected chi connectivity index (χ3v) is 8.68. The molecule has 1 aromatic rings. The van der Waals surface area contributed by atoms with Crippen LogP contribution in [0.3, 0.4) is 0 Å². The van der Waals surface area contributed by atoms with Crippen LogP contribution in [0.5, 0.6) is 0 Å².